The topological polar surface area (TPSA) is 83.9 Å². The molecule has 7 heteroatoms. The van der Waals surface area contributed by atoms with Gasteiger partial charge in [-0.05, 0) is 44.0 Å². The van der Waals surface area contributed by atoms with Crippen LogP contribution in [0.1, 0.15) is 30.6 Å². The minimum Gasteiger partial charge on any atom is -0.489 e. The van der Waals surface area contributed by atoms with Gasteiger partial charge in [-0.3, -0.25) is 4.79 Å². The van der Waals surface area contributed by atoms with Crippen molar-refractivity contribution in [2.24, 2.45) is 0 Å². The Morgan fingerprint density at radius 3 is 2.72 bits per heavy atom. The minimum atomic E-state index is -3.17. The van der Waals surface area contributed by atoms with Gasteiger partial charge in [0.05, 0.1) is 23.7 Å². The number of amides is 1. The van der Waals surface area contributed by atoms with E-state index in [0.29, 0.717) is 24.3 Å². The van der Waals surface area contributed by atoms with Crippen molar-refractivity contribution in [3.8, 4) is 5.75 Å². The van der Waals surface area contributed by atoms with Crippen molar-refractivity contribution in [2.45, 2.75) is 25.8 Å². The van der Waals surface area contributed by atoms with Gasteiger partial charge < -0.3 is 14.7 Å². The molecule has 1 fully saturated rings. The van der Waals surface area contributed by atoms with Crippen molar-refractivity contribution in [2.75, 3.05) is 31.3 Å². The minimum absolute atomic E-state index is 0.0560. The van der Waals surface area contributed by atoms with Crippen LogP contribution in [0.25, 0.3) is 0 Å². The monoisotopic (exact) mass is 367 g/mol. The first-order chi connectivity index (χ1) is 11.7. The number of aliphatic hydroxyl groups is 1. The van der Waals surface area contributed by atoms with Crippen molar-refractivity contribution < 1.29 is 23.1 Å². The molecule has 1 saturated heterocycles. The van der Waals surface area contributed by atoms with Crippen LogP contribution >= 0.6 is 0 Å². The van der Waals surface area contributed by atoms with E-state index in [1.54, 1.807) is 31.2 Å². The van der Waals surface area contributed by atoms with Crippen LogP contribution in [0.2, 0.25) is 0 Å². The lowest BCUT2D eigenvalue weighted by atomic mass is 9.97. The molecule has 1 N–H and O–H groups in total. The molecule has 0 saturated carbocycles. The van der Waals surface area contributed by atoms with Gasteiger partial charge in [0.25, 0.3) is 5.91 Å². The molecule has 2 rings (SSSR count). The van der Waals surface area contributed by atoms with Gasteiger partial charge in [-0.25, -0.2) is 8.42 Å². The number of nitrogens with zero attached hydrogens (tertiary/aromatic N) is 1. The Morgan fingerprint density at radius 2 is 2.16 bits per heavy atom. The van der Waals surface area contributed by atoms with Crippen LogP contribution in [0.4, 0.5) is 0 Å². The zero-order chi connectivity index (χ0) is 18.7. The highest BCUT2D eigenvalue weighted by Gasteiger charge is 2.44. The summed E-state index contributed by atoms with van der Waals surface area (Å²) >= 11 is 0. The molecule has 1 aliphatic heterocycles. The molecule has 0 spiro atoms. The summed E-state index contributed by atoms with van der Waals surface area (Å²) in [7, 11) is -3.17. The predicted octanol–water partition coefficient (Wildman–Crippen LogP) is 1.65. The van der Waals surface area contributed by atoms with Gasteiger partial charge in [0.1, 0.15) is 12.4 Å². The highest BCUT2D eigenvalue weighted by atomic mass is 32.2. The fraction of sp³-hybridized carbons (Fsp3) is 0.500. The first-order valence-electron chi connectivity index (χ1n) is 8.17. The number of rotatable bonds is 7. The Kier molecular flexibility index (Phi) is 5.90. The lowest BCUT2D eigenvalue weighted by molar-refractivity contribution is 0.0503. The number of carbonyl (C=O) groups excluding carboxylic acids is 1. The Balaban J connectivity index is 2.26. The van der Waals surface area contributed by atoms with E-state index in [1.807, 2.05) is 6.92 Å². The van der Waals surface area contributed by atoms with E-state index in [-0.39, 0.29) is 30.6 Å². The Bertz CT molecular complexity index is 758. The predicted molar refractivity (Wildman–Crippen MR) is 96.5 cm³/mol. The molecule has 1 heterocycles. The van der Waals surface area contributed by atoms with E-state index >= 15 is 0 Å². The number of β-amino-alcohol motifs (C(OH)–C–C–N with tert-alkyl or cyclic N) is 1. The van der Waals surface area contributed by atoms with Gasteiger partial charge in [0, 0.05) is 12.1 Å². The summed E-state index contributed by atoms with van der Waals surface area (Å²) < 4.78 is 29.3. The fourth-order valence-electron chi connectivity index (χ4n) is 3.00. The molecule has 0 aliphatic carbocycles. The van der Waals surface area contributed by atoms with Crippen LogP contribution in [0.5, 0.6) is 5.75 Å². The van der Waals surface area contributed by atoms with Gasteiger partial charge in [-0.15, -0.1) is 0 Å². The quantitative estimate of drug-likeness (QED) is 0.741. The second-order valence-corrected chi connectivity index (χ2v) is 8.98. The summed E-state index contributed by atoms with van der Waals surface area (Å²) in [6, 6.07) is 6.75. The Hall–Kier alpha value is -1.86. The van der Waals surface area contributed by atoms with Crippen molar-refractivity contribution in [3.63, 3.8) is 0 Å². The largest absolute Gasteiger partial charge is 0.489 e. The smallest absolute Gasteiger partial charge is 0.254 e. The van der Waals surface area contributed by atoms with E-state index in [9.17, 15) is 18.3 Å². The number of hydrogen-bond donors (Lipinski definition) is 1. The number of benzene rings is 1. The van der Waals surface area contributed by atoms with Crippen molar-refractivity contribution >= 4 is 15.7 Å². The first kappa shape index (κ1) is 19.5. The Morgan fingerprint density at radius 1 is 1.44 bits per heavy atom. The summed E-state index contributed by atoms with van der Waals surface area (Å²) in [6.07, 6.45) is 0.368. The summed E-state index contributed by atoms with van der Waals surface area (Å²) in [5.74, 6) is 0.203. The summed E-state index contributed by atoms with van der Waals surface area (Å²) in [6.45, 7) is 7.58. The number of sulfone groups is 1. The molecule has 1 aliphatic rings. The van der Waals surface area contributed by atoms with Crippen LogP contribution in [0.15, 0.2) is 36.4 Å². The van der Waals surface area contributed by atoms with Crippen LogP contribution in [-0.4, -0.2) is 61.1 Å². The van der Waals surface area contributed by atoms with Gasteiger partial charge >= 0.3 is 0 Å². The van der Waals surface area contributed by atoms with Gasteiger partial charge in [-0.1, -0.05) is 12.6 Å². The average Bonchev–Trinajstić information content (AvgIpc) is 2.84. The van der Waals surface area contributed by atoms with Crippen LogP contribution < -0.4 is 4.74 Å². The third kappa shape index (κ3) is 4.83. The molecular weight excluding hydrogens is 342 g/mol. The van der Waals surface area contributed by atoms with E-state index in [1.165, 1.54) is 4.90 Å². The molecular formula is C18H25NO5S. The summed E-state index contributed by atoms with van der Waals surface area (Å²) in [5.41, 5.74) is 0.452. The lowest BCUT2D eigenvalue weighted by Crippen LogP contribution is -2.51. The fourth-order valence-corrected chi connectivity index (χ4v) is 5.15. The summed E-state index contributed by atoms with van der Waals surface area (Å²) in [5, 5.41) is 9.36. The maximum Gasteiger partial charge on any atom is 0.254 e. The highest BCUT2D eigenvalue weighted by molar-refractivity contribution is 7.91. The molecule has 1 atom stereocenters. The molecule has 1 aromatic carbocycles. The van der Waals surface area contributed by atoms with E-state index in [2.05, 4.69) is 6.58 Å². The number of ether oxygens (including phenoxy) is 1. The highest BCUT2D eigenvalue weighted by Crippen LogP contribution is 2.31. The summed E-state index contributed by atoms with van der Waals surface area (Å²) in [4.78, 5) is 14.4. The second kappa shape index (κ2) is 7.58. The lowest BCUT2D eigenvalue weighted by Gasteiger charge is -2.37. The van der Waals surface area contributed by atoms with Crippen molar-refractivity contribution in [3.05, 3.63) is 42.0 Å². The van der Waals surface area contributed by atoms with E-state index < -0.39 is 15.4 Å². The molecule has 6 nitrogen and oxygen atoms in total. The molecule has 0 bridgehead atoms. The maximum absolute atomic E-state index is 13.0. The number of hydrogen-bond acceptors (Lipinski definition) is 5. The molecule has 1 unspecified atom stereocenters. The molecule has 0 aromatic heterocycles. The molecule has 25 heavy (non-hydrogen) atoms. The molecule has 1 amide bonds. The second-order valence-electron chi connectivity index (χ2n) is 6.79. The van der Waals surface area contributed by atoms with Gasteiger partial charge in [0.2, 0.25) is 0 Å². The third-order valence-electron chi connectivity index (χ3n) is 4.27. The number of aliphatic hydroxyl groups excluding tert-OH is 1. The van der Waals surface area contributed by atoms with Gasteiger partial charge in [0.15, 0.2) is 9.84 Å². The third-order valence-corrected chi connectivity index (χ3v) is 6.16. The van der Waals surface area contributed by atoms with Crippen molar-refractivity contribution in [1.29, 1.82) is 0 Å². The van der Waals surface area contributed by atoms with Crippen molar-refractivity contribution in [1.82, 2.24) is 4.90 Å². The Labute approximate surface area is 149 Å². The molecule has 0 radical (unpaired) electrons. The van der Waals surface area contributed by atoms with Gasteiger partial charge in [-0.2, -0.15) is 0 Å². The van der Waals surface area contributed by atoms with E-state index in [4.69, 9.17) is 4.74 Å². The standard InChI is InChI=1S/C18H25NO5S/c1-14(2)12-24-16-6-4-5-15(11-16)17(21)19(8-9-20)18(3)7-10-25(22,23)13-18/h4-6,11,20H,1,7-10,12-13H2,2-3H3. The SMILES string of the molecule is C=C(C)COc1cccc(C(=O)N(CCO)C2(C)CCS(=O)(=O)C2)c1. The maximum atomic E-state index is 13.0. The molecule has 1 aromatic rings. The zero-order valence-corrected chi connectivity index (χ0v) is 15.5. The molecule has 138 valence electrons. The zero-order valence-electron chi connectivity index (χ0n) is 14.7. The normalized spacial score (nSPS) is 21.7. The first-order valence-corrected chi connectivity index (χ1v) is 9.99. The number of carbonyl (C=O) groups is 1. The van der Waals surface area contributed by atoms with Crippen LogP contribution in [0.3, 0.4) is 0 Å². The van der Waals surface area contributed by atoms with E-state index in [0.717, 1.165) is 5.57 Å². The average molecular weight is 367 g/mol. The van der Waals surface area contributed by atoms with Crippen LogP contribution in [-0.2, 0) is 9.84 Å². The van der Waals surface area contributed by atoms with Crippen LogP contribution in [0, 0.1) is 0 Å².